The zero-order valence-corrected chi connectivity index (χ0v) is 28.8. The largest absolute Gasteiger partial charge is 0.534 e. The van der Waals surface area contributed by atoms with Crippen LogP contribution in [0.1, 0.15) is 44.7 Å². The van der Waals surface area contributed by atoms with Gasteiger partial charge >= 0.3 is 14.4 Å². The molecule has 48 heavy (non-hydrogen) atoms. The Bertz CT molecular complexity index is 1730. The summed E-state index contributed by atoms with van der Waals surface area (Å²) in [6, 6.07) is 45.2. The molecule has 0 saturated carbocycles. The van der Waals surface area contributed by atoms with Crippen molar-refractivity contribution >= 4 is 36.2 Å². The number of ether oxygens (including phenoxy) is 1. The highest BCUT2D eigenvalue weighted by molar-refractivity contribution is 7.00. The molecule has 2 unspecified atom stereocenters. The molecule has 0 heterocycles. The van der Waals surface area contributed by atoms with Crippen molar-refractivity contribution in [2.45, 2.75) is 56.8 Å². The molecule has 2 atom stereocenters. The summed E-state index contributed by atoms with van der Waals surface area (Å²) < 4.78 is 13.2. The van der Waals surface area contributed by atoms with E-state index in [1.165, 1.54) is 4.90 Å². The van der Waals surface area contributed by atoms with Crippen molar-refractivity contribution in [3.63, 3.8) is 0 Å². The maximum Gasteiger partial charge on any atom is 0.418 e. The Labute approximate surface area is 284 Å². The first-order chi connectivity index (χ1) is 23.1. The summed E-state index contributed by atoms with van der Waals surface area (Å²) in [5, 5.41) is 25.5. The quantitative estimate of drug-likeness (QED) is 0.161. The lowest BCUT2D eigenvalue weighted by molar-refractivity contribution is -0.103. The van der Waals surface area contributed by atoms with Crippen LogP contribution in [0.25, 0.3) is 0 Å². The number of carbonyl (C=O) groups is 1. The van der Waals surface area contributed by atoms with E-state index < -0.39 is 26.1 Å². The van der Waals surface area contributed by atoms with Crippen molar-refractivity contribution in [1.82, 2.24) is 0 Å². The number of aliphatic hydroxyl groups is 2. The van der Waals surface area contributed by atoms with Crippen molar-refractivity contribution in [2.75, 3.05) is 11.5 Å². The lowest BCUT2D eigenvalue weighted by Gasteiger charge is -2.45. The van der Waals surface area contributed by atoms with Gasteiger partial charge in [0.1, 0.15) is 11.4 Å². The third kappa shape index (κ3) is 6.29. The molecule has 5 aromatic rings. The summed E-state index contributed by atoms with van der Waals surface area (Å²) in [6.07, 6.45) is -0.689. The van der Waals surface area contributed by atoms with Crippen molar-refractivity contribution in [3.05, 3.63) is 151 Å². The number of aliphatic hydroxyl groups excluding tert-OH is 1. The topological polar surface area (TPSA) is 79.2 Å². The molecule has 2 N–H and O–H groups in total. The number of fused-ring (bicyclic) bond motifs is 1. The predicted molar refractivity (Wildman–Crippen MR) is 194 cm³/mol. The summed E-state index contributed by atoms with van der Waals surface area (Å²) in [6.45, 7) is 6.60. The fraction of sp³-hybridized carbons (Fsp3) is 0.244. The molecule has 1 amide bonds. The first-order valence-corrected chi connectivity index (χ1v) is 18.5. The molecule has 0 radical (unpaired) electrons. The average Bonchev–Trinajstić information content (AvgIpc) is 3.10. The highest BCUT2D eigenvalue weighted by atomic mass is 28.4. The smallest absolute Gasteiger partial charge is 0.418 e. The van der Waals surface area contributed by atoms with E-state index in [1.807, 2.05) is 91.0 Å². The Kier molecular flexibility index (Phi) is 9.55. The second-order valence-corrected chi connectivity index (χ2v) is 17.6. The van der Waals surface area contributed by atoms with Gasteiger partial charge in [-0.25, -0.2) is 9.69 Å². The zero-order valence-electron chi connectivity index (χ0n) is 27.8. The minimum absolute atomic E-state index is 0.0208. The molecule has 0 spiro atoms. The van der Waals surface area contributed by atoms with Crippen molar-refractivity contribution in [1.29, 1.82) is 0 Å². The third-order valence-electron chi connectivity index (χ3n) is 9.42. The Morgan fingerprint density at radius 1 is 0.771 bits per heavy atom. The number of carbonyl (C=O) groups excluding carboxylic acids is 1. The SMILES string of the molecule is CC(C)(C)[Si](Oc1cccc2c1CCC(O)C2(O)CCOC(=O)N(c1ccccc1)c1ccccc1)(c1ccccc1)c1ccccc1. The molecule has 6 nitrogen and oxygen atoms in total. The molecule has 0 aliphatic heterocycles. The van der Waals surface area contributed by atoms with E-state index in [2.05, 4.69) is 69.3 Å². The molecule has 1 aliphatic carbocycles. The molecular weight excluding hydrogens is 615 g/mol. The first-order valence-electron chi connectivity index (χ1n) is 16.5. The number of benzene rings is 5. The Morgan fingerprint density at radius 2 is 1.27 bits per heavy atom. The van der Waals surface area contributed by atoms with Gasteiger partial charge in [-0.1, -0.05) is 130 Å². The normalized spacial score (nSPS) is 17.6. The maximum absolute atomic E-state index is 13.5. The summed E-state index contributed by atoms with van der Waals surface area (Å²) in [4.78, 5) is 15.0. The van der Waals surface area contributed by atoms with E-state index in [-0.39, 0.29) is 18.1 Å². The van der Waals surface area contributed by atoms with E-state index >= 15 is 0 Å². The number of anilines is 2. The molecular formula is C41H43NO5Si. The van der Waals surface area contributed by atoms with Crippen LogP contribution in [0.15, 0.2) is 140 Å². The van der Waals surface area contributed by atoms with Gasteiger partial charge in [-0.3, -0.25) is 0 Å². The summed E-state index contributed by atoms with van der Waals surface area (Å²) >= 11 is 0. The maximum atomic E-state index is 13.5. The van der Waals surface area contributed by atoms with Crippen LogP contribution >= 0.6 is 0 Å². The van der Waals surface area contributed by atoms with Gasteiger partial charge in [0.25, 0.3) is 0 Å². The second kappa shape index (κ2) is 13.8. The minimum atomic E-state index is -2.95. The lowest BCUT2D eigenvalue weighted by atomic mass is 9.75. The first kappa shape index (κ1) is 33.2. The van der Waals surface area contributed by atoms with Crippen molar-refractivity contribution < 1.29 is 24.2 Å². The highest BCUT2D eigenvalue weighted by Gasteiger charge is 2.53. The fourth-order valence-electron chi connectivity index (χ4n) is 7.01. The van der Waals surface area contributed by atoms with Crippen LogP contribution in [0.3, 0.4) is 0 Å². The standard InChI is InChI=1S/C41H43NO5Si/c1-40(2,3)48(33-21-12-6-13-22-33,34-23-14-7-15-24-34)47-37-26-16-25-36-35(37)27-28-38(43)41(36,45)29-30-46-39(44)42(31-17-8-4-9-18-31)32-19-10-5-11-20-32/h4-26,38,43,45H,27-30H2,1-3H3. The molecule has 0 fully saturated rings. The lowest BCUT2D eigenvalue weighted by Crippen LogP contribution is -2.69. The molecule has 0 saturated heterocycles. The minimum Gasteiger partial charge on any atom is -0.534 e. The van der Waals surface area contributed by atoms with E-state index in [9.17, 15) is 15.0 Å². The predicted octanol–water partition coefficient (Wildman–Crippen LogP) is 7.49. The van der Waals surface area contributed by atoms with Crippen molar-refractivity contribution in [3.8, 4) is 5.75 Å². The van der Waals surface area contributed by atoms with Gasteiger partial charge in [0, 0.05) is 6.42 Å². The molecule has 1 aliphatic rings. The number of nitrogens with zero attached hydrogens (tertiary/aromatic N) is 1. The fourth-order valence-corrected chi connectivity index (χ4v) is 11.5. The second-order valence-electron chi connectivity index (χ2n) is 13.4. The highest BCUT2D eigenvalue weighted by Crippen LogP contribution is 2.44. The van der Waals surface area contributed by atoms with E-state index in [1.54, 1.807) is 0 Å². The summed E-state index contributed by atoms with van der Waals surface area (Å²) in [7, 11) is -2.95. The van der Waals surface area contributed by atoms with E-state index in [0.717, 1.165) is 15.9 Å². The Morgan fingerprint density at radius 3 is 1.77 bits per heavy atom. The Hall–Kier alpha value is -4.69. The van der Waals surface area contributed by atoms with Gasteiger partial charge in [0.05, 0.1) is 24.1 Å². The number of hydrogen-bond acceptors (Lipinski definition) is 5. The van der Waals surface area contributed by atoms with Crippen LogP contribution in [0.4, 0.5) is 16.2 Å². The summed E-state index contributed by atoms with van der Waals surface area (Å²) in [5.41, 5.74) is 1.18. The summed E-state index contributed by atoms with van der Waals surface area (Å²) in [5.74, 6) is 0.712. The van der Waals surface area contributed by atoms with Crippen molar-refractivity contribution in [2.24, 2.45) is 0 Å². The number of hydrogen-bond donors (Lipinski definition) is 2. The van der Waals surface area contributed by atoms with Crippen LogP contribution in [-0.2, 0) is 16.8 Å². The number of amides is 1. The zero-order chi connectivity index (χ0) is 33.8. The van der Waals surface area contributed by atoms with Gasteiger partial charge in [-0.2, -0.15) is 0 Å². The molecule has 0 aromatic heterocycles. The van der Waals surface area contributed by atoms with Gasteiger partial charge in [-0.05, 0) is 69.7 Å². The average molecular weight is 658 g/mol. The molecule has 6 rings (SSSR count). The molecule has 246 valence electrons. The van der Waals surface area contributed by atoms with E-state index in [0.29, 0.717) is 35.5 Å². The molecule has 7 heteroatoms. The van der Waals surface area contributed by atoms with Gasteiger partial charge in [0.2, 0.25) is 0 Å². The van der Waals surface area contributed by atoms with Crippen LogP contribution in [-0.4, -0.2) is 37.3 Å². The third-order valence-corrected chi connectivity index (χ3v) is 14.3. The van der Waals surface area contributed by atoms with Crippen LogP contribution in [0, 0.1) is 0 Å². The van der Waals surface area contributed by atoms with Gasteiger partial charge in [-0.15, -0.1) is 0 Å². The van der Waals surface area contributed by atoms with E-state index in [4.69, 9.17) is 9.16 Å². The Balaban J connectivity index is 1.32. The van der Waals surface area contributed by atoms with Crippen LogP contribution in [0.2, 0.25) is 5.04 Å². The molecule has 5 aromatic carbocycles. The monoisotopic (exact) mass is 657 g/mol. The van der Waals surface area contributed by atoms with Crippen LogP contribution in [0.5, 0.6) is 5.75 Å². The number of rotatable bonds is 9. The molecule has 0 bridgehead atoms. The van der Waals surface area contributed by atoms with Crippen LogP contribution < -0.4 is 19.7 Å². The number of para-hydroxylation sites is 2. The van der Waals surface area contributed by atoms with Gasteiger partial charge < -0.3 is 19.4 Å². The van der Waals surface area contributed by atoms with Gasteiger partial charge in [0.15, 0.2) is 0 Å².